The molecular weight excluding hydrogens is 174 g/mol. The molecule has 0 amide bonds. The second kappa shape index (κ2) is 5.37. The van der Waals surface area contributed by atoms with Crippen LogP contribution in [0.2, 0.25) is 0 Å². The number of hydrogen-bond acceptors (Lipinski definition) is 3. The van der Waals surface area contributed by atoms with Crippen LogP contribution in [0.25, 0.3) is 0 Å². The van der Waals surface area contributed by atoms with Crippen LogP contribution in [-0.4, -0.2) is 16.5 Å². The van der Waals surface area contributed by atoms with Gasteiger partial charge in [-0.1, -0.05) is 19.9 Å². The van der Waals surface area contributed by atoms with E-state index in [1.54, 1.807) is 6.33 Å². The molecule has 0 atom stereocenters. The largest absolute Gasteiger partial charge is 0.367 e. The van der Waals surface area contributed by atoms with Gasteiger partial charge in [-0.3, -0.25) is 0 Å². The Morgan fingerprint density at radius 3 is 2.93 bits per heavy atom. The SMILES string of the molecule is C=CCNc1cc(CC(C)C)ncn1. The van der Waals surface area contributed by atoms with Crippen molar-refractivity contribution in [1.29, 1.82) is 0 Å². The molecule has 76 valence electrons. The minimum Gasteiger partial charge on any atom is -0.367 e. The van der Waals surface area contributed by atoms with Gasteiger partial charge in [0.15, 0.2) is 0 Å². The van der Waals surface area contributed by atoms with Gasteiger partial charge in [0.1, 0.15) is 12.1 Å². The highest BCUT2D eigenvalue weighted by Crippen LogP contribution is 2.08. The van der Waals surface area contributed by atoms with Crippen molar-refractivity contribution in [1.82, 2.24) is 9.97 Å². The smallest absolute Gasteiger partial charge is 0.129 e. The molecule has 1 heterocycles. The van der Waals surface area contributed by atoms with E-state index in [0.29, 0.717) is 5.92 Å². The number of nitrogens with one attached hydrogen (secondary N) is 1. The molecule has 14 heavy (non-hydrogen) atoms. The molecule has 1 aromatic rings. The molecule has 0 fully saturated rings. The van der Waals surface area contributed by atoms with E-state index in [4.69, 9.17) is 0 Å². The van der Waals surface area contributed by atoms with Crippen molar-refractivity contribution in [3.05, 3.63) is 30.7 Å². The number of aromatic nitrogens is 2. The summed E-state index contributed by atoms with van der Waals surface area (Å²) in [7, 11) is 0. The minimum absolute atomic E-state index is 0.622. The van der Waals surface area contributed by atoms with Crippen molar-refractivity contribution >= 4 is 5.82 Å². The third kappa shape index (κ3) is 3.56. The summed E-state index contributed by atoms with van der Waals surface area (Å²) in [6.07, 6.45) is 4.40. The summed E-state index contributed by atoms with van der Waals surface area (Å²) < 4.78 is 0. The van der Waals surface area contributed by atoms with Gasteiger partial charge in [-0.2, -0.15) is 0 Å². The molecule has 0 aliphatic carbocycles. The molecule has 0 radical (unpaired) electrons. The van der Waals surface area contributed by atoms with Crippen LogP contribution in [0, 0.1) is 5.92 Å². The maximum Gasteiger partial charge on any atom is 0.129 e. The Bertz CT molecular complexity index is 294. The van der Waals surface area contributed by atoms with Crippen LogP contribution in [0.3, 0.4) is 0 Å². The van der Waals surface area contributed by atoms with E-state index in [1.807, 2.05) is 12.1 Å². The van der Waals surface area contributed by atoms with Gasteiger partial charge < -0.3 is 5.32 Å². The molecule has 0 aliphatic rings. The van der Waals surface area contributed by atoms with Gasteiger partial charge in [0, 0.05) is 18.3 Å². The van der Waals surface area contributed by atoms with Crippen LogP contribution < -0.4 is 5.32 Å². The predicted molar refractivity (Wildman–Crippen MR) is 59.3 cm³/mol. The second-order valence-corrected chi connectivity index (χ2v) is 3.66. The highest BCUT2D eigenvalue weighted by Gasteiger charge is 2.00. The van der Waals surface area contributed by atoms with E-state index in [2.05, 4.69) is 35.7 Å². The van der Waals surface area contributed by atoms with Gasteiger partial charge in [-0.15, -0.1) is 6.58 Å². The molecule has 3 heteroatoms. The number of rotatable bonds is 5. The van der Waals surface area contributed by atoms with Crippen molar-refractivity contribution in [2.24, 2.45) is 5.92 Å². The highest BCUT2D eigenvalue weighted by molar-refractivity contribution is 5.35. The molecule has 0 saturated heterocycles. The van der Waals surface area contributed by atoms with Crippen molar-refractivity contribution in [2.45, 2.75) is 20.3 Å². The quantitative estimate of drug-likeness (QED) is 0.725. The van der Waals surface area contributed by atoms with Crippen LogP contribution in [0.4, 0.5) is 5.82 Å². The highest BCUT2D eigenvalue weighted by atomic mass is 15.0. The molecule has 1 N–H and O–H groups in total. The Labute approximate surface area is 85.3 Å². The van der Waals surface area contributed by atoms with E-state index < -0.39 is 0 Å². The summed E-state index contributed by atoms with van der Waals surface area (Å²) >= 11 is 0. The molecule has 1 rings (SSSR count). The van der Waals surface area contributed by atoms with E-state index >= 15 is 0 Å². The lowest BCUT2D eigenvalue weighted by atomic mass is 10.1. The van der Waals surface area contributed by atoms with E-state index in [-0.39, 0.29) is 0 Å². The van der Waals surface area contributed by atoms with Crippen LogP contribution in [0.15, 0.2) is 25.0 Å². The number of nitrogens with zero attached hydrogens (tertiary/aromatic N) is 2. The Balaban J connectivity index is 2.63. The average molecular weight is 191 g/mol. The molecule has 1 aromatic heterocycles. The maximum absolute atomic E-state index is 4.21. The number of hydrogen-bond donors (Lipinski definition) is 1. The summed E-state index contributed by atoms with van der Waals surface area (Å²) in [6, 6.07) is 1.99. The summed E-state index contributed by atoms with van der Waals surface area (Å²) in [4.78, 5) is 8.32. The number of anilines is 1. The van der Waals surface area contributed by atoms with Gasteiger partial charge in [0.05, 0.1) is 0 Å². The van der Waals surface area contributed by atoms with Crippen LogP contribution >= 0.6 is 0 Å². The Hall–Kier alpha value is -1.38. The third-order valence-corrected chi connectivity index (χ3v) is 1.77. The topological polar surface area (TPSA) is 37.8 Å². The van der Waals surface area contributed by atoms with Crippen LogP contribution in [0.5, 0.6) is 0 Å². The molecule has 0 spiro atoms. The van der Waals surface area contributed by atoms with E-state index in [1.165, 1.54) is 0 Å². The van der Waals surface area contributed by atoms with Gasteiger partial charge in [0.2, 0.25) is 0 Å². The fourth-order valence-electron chi connectivity index (χ4n) is 1.20. The second-order valence-electron chi connectivity index (χ2n) is 3.66. The third-order valence-electron chi connectivity index (χ3n) is 1.77. The molecule has 0 aliphatic heterocycles. The monoisotopic (exact) mass is 191 g/mol. The summed E-state index contributed by atoms with van der Waals surface area (Å²) in [6.45, 7) is 8.73. The minimum atomic E-state index is 0.622. The normalized spacial score (nSPS) is 10.2. The van der Waals surface area contributed by atoms with Gasteiger partial charge in [-0.05, 0) is 12.3 Å². The lowest BCUT2D eigenvalue weighted by Gasteiger charge is -2.06. The standard InChI is InChI=1S/C11H17N3/c1-4-5-12-11-7-10(6-9(2)3)13-8-14-11/h4,7-9H,1,5-6H2,2-3H3,(H,12,13,14). The van der Waals surface area contributed by atoms with Crippen molar-refractivity contribution in [3.63, 3.8) is 0 Å². The van der Waals surface area contributed by atoms with Gasteiger partial charge in [0.25, 0.3) is 0 Å². The Morgan fingerprint density at radius 2 is 2.29 bits per heavy atom. The first-order valence-electron chi connectivity index (χ1n) is 4.88. The summed E-state index contributed by atoms with van der Waals surface area (Å²) in [5.41, 5.74) is 1.08. The van der Waals surface area contributed by atoms with Crippen molar-refractivity contribution < 1.29 is 0 Å². The molecular formula is C11H17N3. The molecule has 0 saturated carbocycles. The molecule has 0 bridgehead atoms. The van der Waals surface area contributed by atoms with E-state index in [9.17, 15) is 0 Å². The first kappa shape index (κ1) is 10.7. The fraction of sp³-hybridized carbons (Fsp3) is 0.455. The fourth-order valence-corrected chi connectivity index (χ4v) is 1.20. The lowest BCUT2D eigenvalue weighted by molar-refractivity contribution is 0.634. The Kier molecular flexibility index (Phi) is 4.11. The van der Waals surface area contributed by atoms with Crippen LogP contribution in [0.1, 0.15) is 19.5 Å². The summed E-state index contributed by atoms with van der Waals surface area (Å²) in [5.74, 6) is 1.49. The maximum atomic E-state index is 4.21. The van der Waals surface area contributed by atoms with Crippen molar-refractivity contribution in [3.8, 4) is 0 Å². The first-order valence-corrected chi connectivity index (χ1v) is 4.88. The van der Waals surface area contributed by atoms with E-state index in [0.717, 1.165) is 24.5 Å². The Morgan fingerprint density at radius 1 is 1.50 bits per heavy atom. The zero-order valence-electron chi connectivity index (χ0n) is 8.83. The average Bonchev–Trinajstić information content (AvgIpc) is 2.14. The summed E-state index contributed by atoms with van der Waals surface area (Å²) in [5, 5.41) is 3.14. The lowest BCUT2D eigenvalue weighted by Crippen LogP contribution is -2.03. The van der Waals surface area contributed by atoms with Gasteiger partial charge in [-0.25, -0.2) is 9.97 Å². The van der Waals surface area contributed by atoms with Crippen molar-refractivity contribution in [2.75, 3.05) is 11.9 Å². The molecule has 0 aromatic carbocycles. The first-order chi connectivity index (χ1) is 6.72. The van der Waals surface area contributed by atoms with Crippen LogP contribution in [-0.2, 0) is 6.42 Å². The molecule has 3 nitrogen and oxygen atoms in total. The zero-order chi connectivity index (χ0) is 10.4. The van der Waals surface area contributed by atoms with Gasteiger partial charge >= 0.3 is 0 Å². The zero-order valence-corrected chi connectivity index (χ0v) is 8.83. The predicted octanol–water partition coefficient (Wildman–Crippen LogP) is 2.27. The molecule has 0 unspecified atom stereocenters.